The van der Waals surface area contributed by atoms with E-state index >= 15 is 0 Å². The highest BCUT2D eigenvalue weighted by molar-refractivity contribution is 14.1. The van der Waals surface area contributed by atoms with E-state index in [2.05, 4.69) is 27.9 Å². The topological polar surface area (TPSA) is 84.5 Å². The fourth-order valence-corrected chi connectivity index (χ4v) is 3.19. The first-order valence-electron chi connectivity index (χ1n) is 6.45. The summed E-state index contributed by atoms with van der Waals surface area (Å²) in [4.78, 5) is 24.0. The van der Waals surface area contributed by atoms with E-state index in [1.165, 1.54) is 23.9 Å². The quantitative estimate of drug-likeness (QED) is 0.600. The highest BCUT2D eigenvalue weighted by Crippen LogP contribution is 2.30. The normalized spacial score (nSPS) is 10.9. The molecule has 0 radical (unpaired) electrons. The summed E-state index contributed by atoms with van der Waals surface area (Å²) >= 11 is 8.29. The number of rotatable bonds is 3. The minimum absolute atomic E-state index is 0.0322. The van der Waals surface area contributed by atoms with Gasteiger partial charge in [-0.05, 0) is 46.9 Å². The van der Waals surface area contributed by atoms with Crippen LogP contribution in [0, 0.1) is 3.57 Å². The van der Waals surface area contributed by atoms with Gasteiger partial charge in [0.25, 0.3) is 5.56 Å². The van der Waals surface area contributed by atoms with Crippen LogP contribution in [-0.4, -0.2) is 15.6 Å². The van der Waals surface area contributed by atoms with E-state index in [0.717, 1.165) is 3.57 Å². The van der Waals surface area contributed by atoms with Crippen LogP contribution in [0.25, 0.3) is 11.0 Å². The SMILES string of the molecule is Cn1c(Nc2ccc(I)cc2Cl)c(C(=O)O)c2occc2c1=O. The van der Waals surface area contributed by atoms with Crippen molar-refractivity contribution in [1.29, 1.82) is 0 Å². The third kappa shape index (κ3) is 2.70. The molecule has 0 aliphatic rings. The Kier molecular flexibility index (Phi) is 4.07. The van der Waals surface area contributed by atoms with E-state index < -0.39 is 5.97 Å². The molecule has 8 heteroatoms. The lowest BCUT2D eigenvalue weighted by atomic mass is 10.2. The van der Waals surface area contributed by atoms with Gasteiger partial charge in [-0.3, -0.25) is 9.36 Å². The van der Waals surface area contributed by atoms with Gasteiger partial charge >= 0.3 is 5.97 Å². The van der Waals surface area contributed by atoms with Crippen LogP contribution in [0.3, 0.4) is 0 Å². The Bertz CT molecular complexity index is 993. The second kappa shape index (κ2) is 5.89. The molecule has 23 heavy (non-hydrogen) atoms. The van der Waals surface area contributed by atoms with Crippen molar-refractivity contribution >= 4 is 62.6 Å². The Morgan fingerprint density at radius 2 is 2.13 bits per heavy atom. The van der Waals surface area contributed by atoms with Crippen molar-refractivity contribution in [2.45, 2.75) is 0 Å². The van der Waals surface area contributed by atoms with Gasteiger partial charge in [0.1, 0.15) is 11.4 Å². The number of aromatic carboxylic acids is 1. The lowest BCUT2D eigenvalue weighted by Crippen LogP contribution is -2.22. The number of benzene rings is 1. The largest absolute Gasteiger partial charge is 0.477 e. The van der Waals surface area contributed by atoms with Crippen molar-refractivity contribution < 1.29 is 14.3 Å². The Morgan fingerprint density at radius 1 is 1.39 bits per heavy atom. The molecule has 3 rings (SSSR count). The first-order chi connectivity index (χ1) is 10.9. The smallest absolute Gasteiger partial charge is 0.343 e. The number of pyridine rings is 1. The van der Waals surface area contributed by atoms with Gasteiger partial charge in [0, 0.05) is 10.6 Å². The molecule has 0 aliphatic heterocycles. The zero-order chi connectivity index (χ0) is 16.7. The van der Waals surface area contributed by atoms with Crippen LogP contribution in [-0.2, 0) is 7.05 Å². The second-order valence-corrected chi connectivity index (χ2v) is 6.46. The molecule has 0 saturated heterocycles. The summed E-state index contributed by atoms with van der Waals surface area (Å²) in [5.41, 5.74) is 0.0461. The number of halogens is 2. The highest BCUT2D eigenvalue weighted by Gasteiger charge is 2.23. The molecule has 0 atom stereocenters. The maximum absolute atomic E-state index is 12.4. The monoisotopic (exact) mass is 444 g/mol. The van der Waals surface area contributed by atoms with Gasteiger partial charge in [0.15, 0.2) is 5.58 Å². The Morgan fingerprint density at radius 3 is 2.78 bits per heavy atom. The van der Waals surface area contributed by atoms with Gasteiger partial charge in [-0.2, -0.15) is 0 Å². The first-order valence-corrected chi connectivity index (χ1v) is 7.91. The molecule has 3 aromatic rings. The third-order valence-electron chi connectivity index (χ3n) is 3.40. The molecule has 2 heterocycles. The zero-order valence-electron chi connectivity index (χ0n) is 11.8. The van der Waals surface area contributed by atoms with E-state index in [-0.39, 0.29) is 27.9 Å². The number of furan rings is 1. The van der Waals surface area contributed by atoms with Gasteiger partial charge in [-0.25, -0.2) is 4.79 Å². The minimum Gasteiger partial charge on any atom is -0.477 e. The molecule has 0 amide bonds. The minimum atomic E-state index is -1.20. The molecule has 0 fully saturated rings. The van der Waals surface area contributed by atoms with Crippen molar-refractivity contribution in [1.82, 2.24) is 4.57 Å². The zero-order valence-corrected chi connectivity index (χ0v) is 14.7. The third-order valence-corrected chi connectivity index (χ3v) is 4.38. The molecule has 0 aliphatic carbocycles. The number of hydrogen-bond donors (Lipinski definition) is 2. The molecule has 0 bridgehead atoms. The summed E-state index contributed by atoms with van der Waals surface area (Å²) < 4.78 is 7.37. The lowest BCUT2D eigenvalue weighted by Gasteiger charge is -2.15. The van der Waals surface area contributed by atoms with Gasteiger partial charge < -0.3 is 14.8 Å². The average Bonchev–Trinajstić information content (AvgIpc) is 2.96. The standard InChI is InChI=1S/C15H10ClIN2O4/c1-19-13(18-10-3-2-7(17)6-9(10)16)11(15(21)22)12-8(14(19)20)4-5-23-12/h2-6,18H,1H3,(H,21,22). The number of carbonyl (C=O) groups is 1. The second-order valence-electron chi connectivity index (χ2n) is 4.81. The van der Waals surface area contributed by atoms with Crippen LogP contribution in [0.4, 0.5) is 11.5 Å². The Labute approximate surface area is 148 Å². The number of nitrogens with one attached hydrogen (secondary N) is 1. The lowest BCUT2D eigenvalue weighted by molar-refractivity contribution is 0.0698. The fourth-order valence-electron chi connectivity index (χ4n) is 2.29. The van der Waals surface area contributed by atoms with Crippen molar-refractivity contribution in [2.24, 2.45) is 7.05 Å². The van der Waals surface area contributed by atoms with E-state index in [1.54, 1.807) is 12.1 Å². The maximum Gasteiger partial charge on any atom is 0.343 e. The number of anilines is 2. The van der Waals surface area contributed by atoms with Crippen molar-refractivity contribution in [2.75, 3.05) is 5.32 Å². The number of carboxylic acids is 1. The first kappa shape index (κ1) is 15.9. The maximum atomic E-state index is 12.4. The van der Waals surface area contributed by atoms with Gasteiger partial charge in [-0.15, -0.1) is 0 Å². The van der Waals surface area contributed by atoms with Crippen LogP contribution in [0.5, 0.6) is 0 Å². The van der Waals surface area contributed by atoms with Crippen LogP contribution in [0.1, 0.15) is 10.4 Å². The Balaban J connectivity index is 2.27. The predicted molar refractivity (Wildman–Crippen MR) is 95.9 cm³/mol. The number of hydrogen-bond acceptors (Lipinski definition) is 4. The summed E-state index contributed by atoms with van der Waals surface area (Å²) in [6.07, 6.45) is 1.29. The summed E-state index contributed by atoms with van der Waals surface area (Å²) in [5.74, 6) is -1.10. The molecule has 0 spiro atoms. The molecular weight excluding hydrogens is 435 g/mol. The Hall–Kier alpha value is -2.00. The van der Waals surface area contributed by atoms with Crippen molar-refractivity contribution in [3.05, 3.63) is 55.0 Å². The summed E-state index contributed by atoms with van der Waals surface area (Å²) in [7, 11) is 1.49. The molecule has 118 valence electrons. The fraction of sp³-hybridized carbons (Fsp3) is 0.0667. The molecule has 0 saturated carbocycles. The number of aromatic nitrogens is 1. The van der Waals surface area contributed by atoms with Crippen molar-refractivity contribution in [3.63, 3.8) is 0 Å². The predicted octanol–water partition coefficient (Wildman–Crippen LogP) is 3.83. The number of carboxylic acid groups (broad SMARTS) is 1. The van der Waals surface area contributed by atoms with Crippen molar-refractivity contribution in [3.8, 4) is 0 Å². The molecular formula is C15H10ClIN2O4. The summed E-state index contributed by atoms with van der Waals surface area (Å²) in [5, 5.41) is 13.1. The molecule has 0 unspecified atom stereocenters. The van der Waals surface area contributed by atoms with Gasteiger partial charge in [-0.1, -0.05) is 11.6 Å². The van der Waals surface area contributed by atoms with Crippen LogP contribution >= 0.6 is 34.2 Å². The molecule has 6 nitrogen and oxygen atoms in total. The van der Waals surface area contributed by atoms with E-state index in [9.17, 15) is 14.7 Å². The molecule has 2 aromatic heterocycles. The van der Waals surface area contributed by atoms with E-state index in [1.807, 2.05) is 6.07 Å². The van der Waals surface area contributed by atoms with Crippen LogP contribution < -0.4 is 10.9 Å². The van der Waals surface area contributed by atoms with E-state index in [0.29, 0.717) is 10.7 Å². The average molecular weight is 445 g/mol. The van der Waals surface area contributed by atoms with Gasteiger partial charge in [0.05, 0.1) is 22.4 Å². The number of fused-ring (bicyclic) bond motifs is 1. The molecule has 1 aromatic carbocycles. The molecule has 2 N–H and O–H groups in total. The summed E-state index contributed by atoms with van der Waals surface area (Å²) in [6.45, 7) is 0. The van der Waals surface area contributed by atoms with Crippen LogP contribution in [0.15, 0.2) is 39.7 Å². The van der Waals surface area contributed by atoms with Gasteiger partial charge in [0.2, 0.25) is 0 Å². The highest BCUT2D eigenvalue weighted by atomic mass is 127. The number of nitrogens with zero attached hydrogens (tertiary/aromatic N) is 1. The summed E-state index contributed by atoms with van der Waals surface area (Å²) in [6, 6.07) is 6.71. The van der Waals surface area contributed by atoms with Crippen LogP contribution in [0.2, 0.25) is 5.02 Å². The van der Waals surface area contributed by atoms with E-state index in [4.69, 9.17) is 16.0 Å².